The number of methoxy groups -OCH3 is 2. The highest BCUT2D eigenvalue weighted by molar-refractivity contribution is 6.07. The predicted molar refractivity (Wildman–Crippen MR) is 238 cm³/mol. The van der Waals surface area contributed by atoms with Crippen LogP contribution in [0.25, 0.3) is 44.2 Å². The summed E-state index contributed by atoms with van der Waals surface area (Å²) in [4.78, 5) is 73.4. The topological polar surface area (TPSA) is 219 Å². The number of nitrogens with one attached hydrogen (secondary N) is 4. The first-order chi connectivity index (χ1) is 30.8. The van der Waals surface area contributed by atoms with Crippen LogP contribution in [0.5, 0.6) is 5.75 Å². The number of aromatic amines is 2. The minimum absolute atomic E-state index is 0.0348. The number of ether oxygens (including phenoxy) is 4. The third kappa shape index (κ3) is 7.57. The van der Waals surface area contributed by atoms with Crippen molar-refractivity contribution in [3.05, 3.63) is 65.9 Å². The fraction of sp³-hybridized carbons (Fsp3) is 0.489. The van der Waals surface area contributed by atoms with Crippen LogP contribution in [0.15, 0.2) is 48.7 Å². The Morgan fingerprint density at radius 1 is 0.891 bits per heavy atom. The second kappa shape index (κ2) is 17.1. The van der Waals surface area contributed by atoms with Crippen molar-refractivity contribution in [3.8, 4) is 28.1 Å². The summed E-state index contributed by atoms with van der Waals surface area (Å²) in [5.41, 5.74) is 12.3. The summed E-state index contributed by atoms with van der Waals surface area (Å²) in [6.45, 7) is 9.18. The number of hydrogen-bond acceptors (Lipinski definition) is 11. The van der Waals surface area contributed by atoms with E-state index in [4.69, 9.17) is 34.6 Å². The van der Waals surface area contributed by atoms with Gasteiger partial charge in [0.2, 0.25) is 11.8 Å². The molecule has 0 radical (unpaired) electrons. The quantitative estimate of drug-likeness (QED) is 0.110. The maximum atomic E-state index is 14.4. The van der Waals surface area contributed by atoms with Crippen molar-refractivity contribution >= 4 is 45.8 Å². The summed E-state index contributed by atoms with van der Waals surface area (Å²) in [6.07, 6.45) is 4.42. The van der Waals surface area contributed by atoms with Crippen LogP contribution in [0.2, 0.25) is 0 Å². The number of aromatic nitrogens is 4. The van der Waals surface area contributed by atoms with Crippen molar-refractivity contribution in [1.82, 2.24) is 40.4 Å². The molecular weight excluding hydrogens is 819 g/mol. The number of nitrogens with two attached hydrogens (primary N) is 1. The number of rotatable bonds is 9. The number of benzene rings is 3. The SMILES string of the molecule is COC(=O)N[C@H](C(=O)N1[C@@H](C)CC[C@H]1c1nc2c(ccc3cc4c(cc32)OCc2cc(-c3cnc([C@]5(N)CC[C@H](C)N5C(=O)[C@@H](NC(=O)OC)C5CCOCC5)[nH]3)ccc2-4)[nH]1)C(C)C. The first kappa shape index (κ1) is 43.1. The van der Waals surface area contributed by atoms with Crippen LogP contribution >= 0.6 is 0 Å². The average molecular weight is 876 g/mol. The zero-order chi connectivity index (χ0) is 45.0. The van der Waals surface area contributed by atoms with Crippen molar-refractivity contribution in [2.45, 2.75) is 109 Å². The fourth-order valence-corrected chi connectivity index (χ4v) is 10.3. The lowest BCUT2D eigenvalue weighted by Crippen LogP contribution is -2.61. The lowest BCUT2D eigenvalue weighted by Gasteiger charge is -2.40. The lowest BCUT2D eigenvalue weighted by atomic mass is 9.90. The molecule has 3 aromatic carbocycles. The van der Waals surface area contributed by atoms with Gasteiger partial charge in [-0.3, -0.25) is 9.59 Å². The number of carbonyl (C=O) groups excluding carboxylic acids is 4. The van der Waals surface area contributed by atoms with Gasteiger partial charge in [-0.15, -0.1) is 0 Å². The molecule has 3 saturated heterocycles. The predicted octanol–water partition coefficient (Wildman–Crippen LogP) is 6.37. The standard InChI is InChI=1S/C47H57N9O8/c1-24(2)38(53-45(59)61-5)42(57)55-25(3)7-12-36(55)41-50-34-11-9-28-20-33-31-10-8-29(19-30(31)23-64-37(33)21-32(28)40(34)52-41)35-22-49-44(51-35)47(48)16-13-26(4)56(47)43(58)39(54-46(60)62-6)27-14-17-63-18-15-27/h8-11,19-22,24-27,36,38-39H,7,12-18,23,48H2,1-6H3,(H,49,51)(H,50,52)(H,53,59)(H,54,60)/t25-,26-,36-,38-,39-,47-/m0/s1. The summed E-state index contributed by atoms with van der Waals surface area (Å²) < 4.78 is 21.7. The molecule has 0 spiro atoms. The zero-order valence-corrected chi connectivity index (χ0v) is 37.2. The van der Waals surface area contributed by atoms with Crippen LogP contribution in [0.3, 0.4) is 0 Å². The van der Waals surface area contributed by atoms with Gasteiger partial charge in [-0.25, -0.2) is 19.6 Å². The molecule has 0 aliphatic carbocycles. The van der Waals surface area contributed by atoms with Gasteiger partial charge in [0.05, 0.1) is 43.2 Å². The monoisotopic (exact) mass is 875 g/mol. The van der Waals surface area contributed by atoms with Gasteiger partial charge in [0.1, 0.15) is 36.1 Å². The Morgan fingerprint density at radius 3 is 2.41 bits per heavy atom. The maximum absolute atomic E-state index is 14.4. The molecule has 17 nitrogen and oxygen atoms in total. The minimum Gasteiger partial charge on any atom is -0.488 e. The number of nitrogens with zero attached hydrogens (tertiary/aromatic N) is 4. The maximum Gasteiger partial charge on any atom is 0.407 e. The van der Waals surface area contributed by atoms with E-state index < -0.39 is 29.9 Å². The molecule has 64 heavy (non-hydrogen) atoms. The van der Waals surface area contributed by atoms with Gasteiger partial charge in [-0.2, -0.15) is 0 Å². The van der Waals surface area contributed by atoms with Crippen molar-refractivity contribution in [2.75, 3.05) is 27.4 Å². The Kier molecular flexibility index (Phi) is 11.5. The first-order valence-corrected chi connectivity index (χ1v) is 22.3. The molecule has 4 amide bonds. The summed E-state index contributed by atoms with van der Waals surface area (Å²) >= 11 is 0. The smallest absolute Gasteiger partial charge is 0.407 e. The molecule has 4 aliphatic heterocycles. The Labute approximate surface area is 371 Å². The van der Waals surface area contributed by atoms with E-state index in [1.165, 1.54) is 14.2 Å². The van der Waals surface area contributed by atoms with E-state index in [0.29, 0.717) is 57.2 Å². The van der Waals surface area contributed by atoms with E-state index in [-0.39, 0.29) is 41.8 Å². The van der Waals surface area contributed by atoms with Crippen LogP contribution in [0.1, 0.15) is 89.5 Å². The number of amides is 4. The number of H-pyrrole nitrogens is 2. The Morgan fingerprint density at radius 2 is 1.66 bits per heavy atom. The van der Waals surface area contributed by atoms with E-state index in [2.05, 4.69) is 50.9 Å². The molecule has 6 atom stereocenters. The molecule has 5 aromatic rings. The Balaban J connectivity index is 0.973. The number of hydrogen-bond donors (Lipinski definition) is 5. The Hall–Kier alpha value is -6.20. The molecule has 6 heterocycles. The van der Waals surface area contributed by atoms with Gasteiger partial charge in [0.15, 0.2) is 5.66 Å². The molecule has 2 aromatic heterocycles. The van der Waals surface area contributed by atoms with Crippen molar-refractivity contribution in [1.29, 1.82) is 0 Å². The van der Waals surface area contributed by atoms with Crippen LogP contribution in [0, 0.1) is 11.8 Å². The largest absolute Gasteiger partial charge is 0.488 e. The molecule has 6 N–H and O–H groups in total. The van der Waals surface area contributed by atoms with E-state index in [1.807, 2.05) is 44.7 Å². The average Bonchev–Trinajstić information content (AvgIpc) is 4.12. The highest BCUT2D eigenvalue weighted by atomic mass is 16.5. The molecule has 0 unspecified atom stereocenters. The fourth-order valence-electron chi connectivity index (χ4n) is 10.3. The van der Waals surface area contributed by atoms with E-state index in [0.717, 1.165) is 68.3 Å². The number of imidazole rings is 2. The summed E-state index contributed by atoms with van der Waals surface area (Å²) in [7, 11) is 2.58. The molecule has 0 bridgehead atoms. The summed E-state index contributed by atoms with van der Waals surface area (Å²) in [5.74, 6) is 1.24. The van der Waals surface area contributed by atoms with E-state index in [1.54, 1.807) is 11.1 Å². The lowest BCUT2D eigenvalue weighted by molar-refractivity contribution is -0.143. The van der Waals surface area contributed by atoms with Crippen molar-refractivity contribution < 1.29 is 38.1 Å². The van der Waals surface area contributed by atoms with Crippen molar-refractivity contribution in [3.63, 3.8) is 0 Å². The van der Waals surface area contributed by atoms with Crippen LogP contribution < -0.4 is 21.1 Å². The molecule has 338 valence electrons. The number of fused-ring (bicyclic) bond motifs is 6. The summed E-state index contributed by atoms with van der Waals surface area (Å²) in [6, 6.07) is 12.5. The Bertz CT molecular complexity index is 2620. The normalized spacial score (nSPS) is 23.1. The third-order valence-corrected chi connectivity index (χ3v) is 13.8. The van der Waals surface area contributed by atoms with Gasteiger partial charge >= 0.3 is 12.2 Å². The van der Waals surface area contributed by atoms with Crippen LogP contribution in [-0.4, -0.2) is 105 Å². The van der Waals surface area contributed by atoms with Gasteiger partial charge < -0.3 is 55.1 Å². The molecule has 17 heteroatoms. The van der Waals surface area contributed by atoms with Gasteiger partial charge in [-0.05, 0) is 111 Å². The van der Waals surface area contributed by atoms with Gasteiger partial charge in [0.25, 0.3) is 0 Å². The summed E-state index contributed by atoms with van der Waals surface area (Å²) in [5, 5.41) is 7.47. The van der Waals surface area contributed by atoms with Gasteiger partial charge in [0, 0.05) is 36.2 Å². The number of alkyl carbamates (subject to hydrolysis) is 2. The second-order valence-electron chi connectivity index (χ2n) is 18.1. The number of likely N-dealkylation sites (tertiary alicyclic amines) is 2. The molecule has 9 rings (SSSR count). The van der Waals surface area contributed by atoms with Gasteiger partial charge in [-0.1, -0.05) is 32.0 Å². The first-order valence-electron chi connectivity index (χ1n) is 22.3. The second-order valence-corrected chi connectivity index (χ2v) is 18.1. The highest BCUT2D eigenvalue weighted by Crippen LogP contribution is 2.44. The van der Waals surface area contributed by atoms with E-state index in [9.17, 15) is 19.2 Å². The molecule has 3 fully saturated rings. The van der Waals surface area contributed by atoms with Crippen LogP contribution in [0.4, 0.5) is 9.59 Å². The molecule has 4 aliphatic rings. The third-order valence-electron chi connectivity index (χ3n) is 13.8. The number of carbonyl (C=O) groups is 4. The molecular formula is C47H57N9O8. The highest BCUT2D eigenvalue weighted by Gasteiger charge is 2.51. The zero-order valence-electron chi connectivity index (χ0n) is 37.2. The minimum atomic E-state index is -1.22. The molecule has 0 saturated carbocycles. The van der Waals surface area contributed by atoms with Crippen LogP contribution in [-0.2, 0) is 36.1 Å². The van der Waals surface area contributed by atoms with Crippen molar-refractivity contribution in [2.24, 2.45) is 17.6 Å². The van der Waals surface area contributed by atoms with E-state index >= 15 is 0 Å².